The molecular formula is C7H6N6. The van der Waals surface area contributed by atoms with E-state index < -0.39 is 0 Å². The zero-order valence-electron chi connectivity index (χ0n) is 6.92. The van der Waals surface area contributed by atoms with Gasteiger partial charge in [0.1, 0.15) is 0 Å². The van der Waals surface area contributed by atoms with Crippen molar-refractivity contribution in [3.63, 3.8) is 0 Å². The van der Waals surface area contributed by atoms with Crippen LogP contribution in [0.4, 0.5) is 11.4 Å². The summed E-state index contributed by atoms with van der Waals surface area (Å²) in [6, 6.07) is 4.92. The maximum atomic E-state index is 8.22. The van der Waals surface area contributed by atoms with Crippen LogP contribution in [-0.4, -0.2) is 0 Å². The Kier molecular flexibility index (Phi) is 2.76. The van der Waals surface area contributed by atoms with E-state index in [0.29, 0.717) is 11.4 Å². The zero-order valence-corrected chi connectivity index (χ0v) is 6.92. The summed E-state index contributed by atoms with van der Waals surface area (Å²) in [5.74, 6) is 0. The molecule has 0 unspecified atom stereocenters. The Morgan fingerprint density at radius 1 is 1.15 bits per heavy atom. The van der Waals surface area contributed by atoms with Gasteiger partial charge in [-0.1, -0.05) is 22.4 Å². The number of nitrogens with zero attached hydrogens (tertiary/aromatic N) is 6. The highest BCUT2D eigenvalue weighted by atomic mass is 15.1. The maximum Gasteiger partial charge on any atom is 0.0409 e. The average Bonchev–Trinajstić information content (AvgIpc) is 2.12. The number of benzene rings is 1. The first kappa shape index (κ1) is 8.93. The molecular weight excluding hydrogens is 168 g/mol. The van der Waals surface area contributed by atoms with Crippen molar-refractivity contribution in [1.82, 2.24) is 0 Å². The van der Waals surface area contributed by atoms with Gasteiger partial charge in [0.25, 0.3) is 0 Å². The van der Waals surface area contributed by atoms with Crippen LogP contribution >= 0.6 is 0 Å². The second-order valence-electron chi connectivity index (χ2n) is 2.35. The summed E-state index contributed by atoms with van der Waals surface area (Å²) >= 11 is 0. The third-order valence-corrected chi connectivity index (χ3v) is 1.51. The van der Waals surface area contributed by atoms with E-state index in [1.807, 2.05) is 6.92 Å². The van der Waals surface area contributed by atoms with Crippen molar-refractivity contribution in [1.29, 1.82) is 0 Å². The average molecular weight is 174 g/mol. The molecule has 0 saturated carbocycles. The van der Waals surface area contributed by atoms with Crippen molar-refractivity contribution in [3.05, 3.63) is 44.6 Å². The largest absolute Gasteiger partial charge is 0.0608 e. The fourth-order valence-electron chi connectivity index (χ4n) is 0.868. The van der Waals surface area contributed by atoms with Crippen LogP contribution in [0.15, 0.2) is 28.4 Å². The summed E-state index contributed by atoms with van der Waals surface area (Å²) in [5.41, 5.74) is 18.1. The molecule has 0 saturated heterocycles. The van der Waals surface area contributed by atoms with E-state index in [0.717, 1.165) is 5.56 Å². The molecule has 1 aromatic rings. The van der Waals surface area contributed by atoms with E-state index in [1.165, 1.54) is 6.07 Å². The smallest absolute Gasteiger partial charge is 0.0409 e. The van der Waals surface area contributed by atoms with E-state index in [4.69, 9.17) is 11.1 Å². The Balaban J connectivity index is 3.25. The van der Waals surface area contributed by atoms with Gasteiger partial charge in [-0.05, 0) is 29.6 Å². The number of rotatable bonds is 2. The molecule has 0 aliphatic rings. The Labute approximate surface area is 74.1 Å². The van der Waals surface area contributed by atoms with Gasteiger partial charge in [0.2, 0.25) is 0 Å². The van der Waals surface area contributed by atoms with E-state index >= 15 is 0 Å². The molecule has 0 fully saturated rings. The van der Waals surface area contributed by atoms with Crippen molar-refractivity contribution in [2.45, 2.75) is 6.92 Å². The van der Waals surface area contributed by atoms with Crippen LogP contribution in [0.5, 0.6) is 0 Å². The van der Waals surface area contributed by atoms with Crippen LogP contribution in [0, 0.1) is 6.92 Å². The second-order valence-corrected chi connectivity index (χ2v) is 2.35. The van der Waals surface area contributed by atoms with Gasteiger partial charge in [0.05, 0.1) is 0 Å². The number of aryl methyl sites for hydroxylation is 1. The number of azide groups is 2. The maximum absolute atomic E-state index is 8.22. The first-order valence-corrected chi connectivity index (χ1v) is 3.49. The van der Waals surface area contributed by atoms with Crippen molar-refractivity contribution in [3.8, 4) is 0 Å². The van der Waals surface area contributed by atoms with Gasteiger partial charge in [0.15, 0.2) is 0 Å². The lowest BCUT2D eigenvalue weighted by Crippen LogP contribution is -1.71. The second kappa shape index (κ2) is 4.01. The normalized spacial score (nSPS) is 8.38. The lowest BCUT2D eigenvalue weighted by Gasteiger charge is -1.98. The van der Waals surface area contributed by atoms with Gasteiger partial charge in [-0.2, -0.15) is 0 Å². The molecule has 0 aliphatic heterocycles. The molecule has 0 aromatic heterocycles. The van der Waals surface area contributed by atoms with Crippen molar-refractivity contribution >= 4 is 11.4 Å². The molecule has 0 heterocycles. The molecule has 64 valence electrons. The Bertz CT molecular complexity index is 411. The topological polar surface area (TPSA) is 97.5 Å². The Morgan fingerprint density at radius 2 is 1.85 bits per heavy atom. The number of hydrogen-bond acceptors (Lipinski definition) is 2. The fraction of sp³-hybridized carbons (Fsp3) is 0.143. The van der Waals surface area contributed by atoms with Gasteiger partial charge in [0, 0.05) is 21.2 Å². The minimum absolute atomic E-state index is 0.440. The molecule has 6 heteroatoms. The molecule has 0 aliphatic carbocycles. The standard InChI is InChI=1S/C7H6N6/c1-5-2-3-6(10-12-8)4-7(5)11-13-9/h2-4H,1H3. The zero-order chi connectivity index (χ0) is 9.68. The van der Waals surface area contributed by atoms with Gasteiger partial charge < -0.3 is 0 Å². The molecule has 0 radical (unpaired) electrons. The summed E-state index contributed by atoms with van der Waals surface area (Å²) in [6.07, 6.45) is 0. The van der Waals surface area contributed by atoms with Crippen molar-refractivity contribution in [2.24, 2.45) is 10.2 Å². The van der Waals surface area contributed by atoms with Crippen LogP contribution in [-0.2, 0) is 0 Å². The third kappa shape index (κ3) is 2.13. The van der Waals surface area contributed by atoms with Crippen LogP contribution < -0.4 is 0 Å². The lowest BCUT2D eigenvalue weighted by molar-refractivity contribution is 1.35. The summed E-state index contributed by atoms with van der Waals surface area (Å²) in [4.78, 5) is 5.29. The predicted molar refractivity (Wildman–Crippen MR) is 48.8 cm³/mol. The molecule has 1 rings (SSSR count). The van der Waals surface area contributed by atoms with Crippen LogP contribution in [0.25, 0.3) is 20.9 Å². The molecule has 0 spiro atoms. The number of hydrogen-bond donors (Lipinski definition) is 0. The van der Waals surface area contributed by atoms with Crippen LogP contribution in [0.1, 0.15) is 5.56 Å². The summed E-state index contributed by atoms with van der Waals surface area (Å²) in [6.45, 7) is 1.81. The summed E-state index contributed by atoms with van der Waals surface area (Å²) in [5, 5.41) is 6.83. The van der Waals surface area contributed by atoms with E-state index in [-0.39, 0.29) is 0 Å². The van der Waals surface area contributed by atoms with Crippen LogP contribution in [0.2, 0.25) is 0 Å². The first-order valence-electron chi connectivity index (χ1n) is 3.49. The van der Waals surface area contributed by atoms with E-state index in [1.54, 1.807) is 12.1 Å². The highest BCUT2D eigenvalue weighted by Gasteiger charge is 1.95. The molecule has 0 bridgehead atoms. The highest BCUT2D eigenvalue weighted by Crippen LogP contribution is 2.24. The highest BCUT2D eigenvalue weighted by molar-refractivity contribution is 5.55. The molecule has 6 nitrogen and oxygen atoms in total. The summed E-state index contributed by atoms with van der Waals surface area (Å²) in [7, 11) is 0. The Hall–Kier alpha value is -2.16. The molecule has 13 heavy (non-hydrogen) atoms. The van der Waals surface area contributed by atoms with Gasteiger partial charge in [-0.25, -0.2) is 0 Å². The van der Waals surface area contributed by atoms with E-state index in [9.17, 15) is 0 Å². The lowest BCUT2D eigenvalue weighted by atomic mass is 10.2. The molecule has 0 atom stereocenters. The quantitative estimate of drug-likeness (QED) is 0.369. The predicted octanol–water partition coefficient (Wildman–Crippen LogP) is 3.88. The molecule has 0 amide bonds. The van der Waals surface area contributed by atoms with Gasteiger partial charge >= 0.3 is 0 Å². The van der Waals surface area contributed by atoms with Crippen molar-refractivity contribution < 1.29 is 0 Å². The SMILES string of the molecule is Cc1ccc(N=[N+]=[N-])cc1N=[N+]=[N-]. The first-order chi connectivity index (χ1) is 6.27. The summed E-state index contributed by atoms with van der Waals surface area (Å²) < 4.78 is 0. The van der Waals surface area contributed by atoms with Crippen LogP contribution in [0.3, 0.4) is 0 Å². The minimum Gasteiger partial charge on any atom is -0.0608 e. The van der Waals surface area contributed by atoms with Gasteiger partial charge in [-0.15, -0.1) is 0 Å². The Morgan fingerprint density at radius 3 is 2.46 bits per heavy atom. The molecule has 0 N–H and O–H groups in total. The van der Waals surface area contributed by atoms with Gasteiger partial charge in [-0.3, -0.25) is 0 Å². The molecule has 1 aromatic carbocycles. The van der Waals surface area contributed by atoms with E-state index in [2.05, 4.69) is 20.1 Å². The fourth-order valence-corrected chi connectivity index (χ4v) is 0.868. The van der Waals surface area contributed by atoms with Crippen molar-refractivity contribution in [2.75, 3.05) is 0 Å². The monoisotopic (exact) mass is 174 g/mol. The third-order valence-electron chi connectivity index (χ3n) is 1.51. The minimum atomic E-state index is 0.440.